The highest BCUT2D eigenvalue weighted by atomic mass is 32.2. The third kappa shape index (κ3) is 3.55. The first-order chi connectivity index (χ1) is 12.6. The standard InChI is InChI=1S/C18H17F3N3O2S/c1-10-8-22-15-13(16(25)24(3)17(26)23(15)2)14(10)27-9-11-4-6-12(7-5-11)18(19,20)21/h4-8,13H,9H2,1-3H3/q+1. The molecule has 0 aliphatic carbocycles. The number of halogens is 3. The van der Waals surface area contributed by atoms with Crippen molar-refractivity contribution in [2.75, 3.05) is 14.1 Å². The number of hydrogen-bond donors (Lipinski definition) is 0. The van der Waals surface area contributed by atoms with Crippen LogP contribution in [0.2, 0.25) is 0 Å². The van der Waals surface area contributed by atoms with Gasteiger partial charge >= 0.3 is 18.1 Å². The molecular weight excluding hydrogens is 379 g/mol. The number of urea groups is 1. The third-order valence-electron chi connectivity index (χ3n) is 4.47. The van der Waals surface area contributed by atoms with Gasteiger partial charge < -0.3 is 0 Å². The quantitative estimate of drug-likeness (QED) is 0.735. The number of alkyl halides is 3. The number of nitrogens with zero attached hydrogens (tertiary/aromatic N) is 3. The van der Waals surface area contributed by atoms with Gasteiger partial charge in [-0.15, -0.1) is 16.8 Å². The Morgan fingerprint density at radius 3 is 2.44 bits per heavy atom. The Morgan fingerprint density at radius 1 is 1.22 bits per heavy atom. The Kier molecular flexibility index (Phi) is 4.98. The summed E-state index contributed by atoms with van der Waals surface area (Å²) < 4.78 is 39.4. The predicted octanol–water partition coefficient (Wildman–Crippen LogP) is 3.55. The summed E-state index contributed by atoms with van der Waals surface area (Å²) in [5.41, 5.74) is 0.805. The fraction of sp³-hybridized carbons (Fsp3) is 0.333. The van der Waals surface area contributed by atoms with Gasteiger partial charge in [0.05, 0.1) is 19.7 Å². The Labute approximate surface area is 158 Å². The molecule has 2 aliphatic heterocycles. The maximum Gasteiger partial charge on any atom is 0.445 e. The lowest BCUT2D eigenvalue weighted by Gasteiger charge is -2.27. The van der Waals surface area contributed by atoms with Crippen LogP contribution in [0.3, 0.4) is 0 Å². The van der Waals surface area contributed by atoms with Crippen LogP contribution >= 0.6 is 11.8 Å². The molecule has 0 bridgehead atoms. The van der Waals surface area contributed by atoms with Crippen LogP contribution in [0.25, 0.3) is 0 Å². The molecule has 27 heavy (non-hydrogen) atoms. The zero-order chi connectivity index (χ0) is 19.9. The van der Waals surface area contributed by atoms with E-state index in [9.17, 15) is 22.8 Å². The number of amides is 3. The van der Waals surface area contributed by atoms with E-state index in [2.05, 4.69) is 4.99 Å². The van der Waals surface area contributed by atoms with E-state index in [1.165, 1.54) is 35.5 Å². The topological polar surface area (TPSA) is 52.8 Å². The summed E-state index contributed by atoms with van der Waals surface area (Å²) in [7, 11) is 2.98. The second-order valence-electron chi connectivity index (χ2n) is 6.32. The van der Waals surface area contributed by atoms with Crippen molar-refractivity contribution in [3.63, 3.8) is 0 Å². The number of benzene rings is 1. The number of thioether (sulfide) groups is 1. The van der Waals surface area contributed by atoms with Gasteiger partial charge in [-0.25, -0.2) is 4.79 Å². The highest BCUT2D eigenvalue weighted by Crippen LogP contribution is 2.36. The van der Waals surface area contributed by atoms with Crippen LogP contribution in [0.1, 0.15) is 18.1 Å². The number of aliphatic imine (C=N–C) groups is 1. The number of carbonyl (C=O) groups excluding carboxylic acids is 2. The lowest BCUT2D eigenvalue weighted by molar-refractivity contribution is -0.407. The summed E-state index contributed by atoms with van der Waals surface area (Å²) >= 11 is 1.37. The number of allylic oxidation sites excluding steroid dienone is 1. The van der Waals surface area contributed by atoms with Gasteiger partial charge in [-0.3, -0.25) is 4.79 Å². The minimum atomic E-state index is -4.37. The molecular formula is C18H17F3N3O2S+. The lowest BCUT2D eigenvalue weighted by Crippen LogP contribution is -2.52. The molecule has 2 aliphatic rings. The minimum Gasteiger partial charge on any atom is -0.255 e. The molecule has 1 atom stereocenters. The molecule has 1 unspecified atom stereocenters. The molecule has 0 saturated carbocycles. The molecule has 0 radical (unpaired) electrons. The number of rotatable bonds is 3. The van der Waals surface area contributed by atoms with E-state index in [1.807, 2.05) is 6.92 Å². The van der Waals surface area contributed by atoms with Gasteiger partial charge in [-0.1, -0.05) is 12.1 Å². The molecule has 1 aromatic rings. The molecule has 3 rings (SSSR count). The summed E-state index contributed by atoms with van der Waals surface area (Å²) in [4.78, 5) is 30.8. The van der Waals surface area contributed by atoms with Gasteiger partial charge in [-0.2, -0.15) is 22.6 Å². The van der Waals surface area contributed by atoms with Gasteiger partial charge in [0.1, 0.15) is 6.21 Å². The third-order valence-corrected chi connectivity index (χ3v) is 5.82. The fourth-order valence-corrected chi connectivity index (χ4v) is 4.08. The van der Waals surface area contributed by atoms with Crippen LogP contribution in [-0.4, -0.2) is 47.6 Å². The Bertz CT molecular complexity index is 901. The number of dihydropyridines is 1. The van der Waals surface area contributed by atoms with Crippen molar-refractivity contribution in [1.29, 1.82) is 0 Å². The fourth-order valence-electron chi connectivity index (χ4n) is 2.91. The largest absolute Gasteiger partial charge is 0.445 e. The van der Waals surface area contributed by atoms with Crippen molar-refractivity contribution >= 4 is 35.8 Å². The van der Waals surface area contributed by atoms with E-state index >= 15 is 0 Å². The summed E-state index contributed by atoms with van der Waals surface area (Å²) in [5, 5.41) is 0. The van der Waals surface area contributed by atoms with Gasteiger partial charge in [-0.05, 0) is 30.2 Å². The number of carbonyl (C=O) groups is 2. The molecule has 9 heteroatoms. The molecule has 0 spiro atoms. The van der Waals surface area contributed by atoms with Crippen LogP contribution < -0.4 is 0 Å². The zero-order valence-electron chi connectivity index (χ0n) is 14.9. The average molecular weight is 396 g/mol. The number of imide groups is 1. The highest BCUT2D eigenvalue weighted by Gasteiger charge is 2.47. The van der Waals surface area contributed by atoms with E-state index in [1.54, 1.807) is 13.3 Å². The Morgan fingerprint density at radius 2 is 1.85 bits per heavy atom. The maximum atomic E-state index is 12.7. The van der Waals surface area contributed by atoms with Gasteiger partial charge in [0.2, 0.25) is 0 Å². The molecule has 1 aromatic carbocycles. The SMILES string of the molecule is CC1=C(SCc2ccc(C(F)(F)F)cc2)C2C(=O)N(C)C(=O)[N+](C)=C2N=C1. The van der Waals surface area contributed by atoms with Crippen molar-refractivity contribution in [2.24, 2.45) is 10.9 Å². The highest BCUT2D eigenvalue weighted by molar-refractivity contribution is 8.02. The normalized spacial score (nSPS) is 20.5. The monoisotopic (exact) mass is 396 g/mol. The van der Waals surface area contributed by atoms with Gasteiger partial charge in [0.25, 0.3) is 5.84 Å². The van der Waals surface area contributed by atoms with E-state index in [4.69, 9.17) is 0 Å². The number of hydrogen-bond acceptors (Lipinski definition) is 4. The Balaban J connectivity index is 1.85. The molecule has 2 heterocycles. The molecule has 5 nitrogen and oxygen atoms in total. The predicted molar refractivity (Wildman–Crippen MR) is 96.8 cm³/mol. The van der Waals surface area contributed by atoms with Gasteiger partial charge in [0, 0.05) is 10.7 Å². The van der Waals surface area contributed by atoms with Crippen molar-refractivity contribution in [2.45, 2.75) is 18.9 Å². The molecule has 142 valence electrons. The van der Waals surface area contributed by atoms with E-state index in [-0.39, 0.29) is 5.91 Å². The van der Waals surface area contributed by atoms with Crippen LogP contribution in [-0.2, 0) is 16.7 Å². The van der Waals surface area contributed by atoms with Crippen molar-refractivity contribution in [3.05, 3.63) is 45.9 Å². The summed E-state index contributed by atoms with van der Waals surface area (Å²) in [6, 6.07) is 4.50. The second kappa shape index (κ2) is 6.95. The lowest BCUT2D eigenvalue weighted by atomic mass is 9.99. The first-order valence-electron chi connectivity index (χ1n) is 8.07. The maximum absolute atomic E-state index is 12.7. The van der Waals surface area contributed by atoms with E-state index in [0.29, 0.717) is 17.2 Å². The molecule has 0 aromatic heterocycles. The average Bonchev–Trinajstić information content (AvgIpc) is 2.63. The first kappa shape index (κ1) is 19.3. The minimum absolute atomic E-state index is 0.362. The second-order valence-corrected chi connectivity index (χ2v) is 7.34. The smallest absolute Gasteiger partial charge is 0.255 e. The van der Waals surface area contributed by atoms with E-state index < -0.39 is 23.7 Å². The van der Waals surface area contributed by atoms with Crippen LogP contribution in [0.4, 0.5) is 18.0 Å². The first-order valence-corrected chi connectivity index (χ1v) is 9.05. The van der Waals surface area contributed by atoms with Crippen LogP contribution in [0.15, 0.2) is 39.7 Å². The van der Waals surface area contributed by atoms with Crippen LogP contribution in [0.5, 0.6) is 0 Å². The summed E-state index contributed by atoms with van der Waals surface area (Å²) in [6.45, 7) is 1.82. The van der Waals surface area contributed by atoms with Gasteiger partial charge in [0.15, 0.2) is 5.92 Å². The molecule has 0 N–H and O–H groups in total. The Hall–Kier alpha value is -2.42. The molecule has 0 fully saturated rings. The number of amidine groups is 1. The molecule has 3 amide bonds. The van der Waals surface area contributed by atoms with Crippen molar-refractivity contribution in [3.8, 4) is 0 Å². The zero-order valence-corrected chi connectivity index (χ0v) is 15.7. The summed E-state index contributed by atoms with van der Waals surface area (Å²) in [6.07, 6.45) is -2.77. The van der Waals surface area contributed by atoms with Crippen LogP contribution in [0, 0.1) is 5.92 Å². The van der Waals surface area contributed by atoms with Crippen molar-refractivity contribution < 1.29 is 27.3 Å². The van der Waals surface area contributed by atoms with E-state index in [0.717, 1.165) is 27.5 Å². The number of fused-ring (bicyclic) bond motifs is 1. The van der Waals surface area contributed by atoms with Crippen molar-refractivity contribution in [1.82, 2.24) is 4.90 Å². The molecule has 0 saturated heterocycles. The summed E-state index contributed by atoms with van der Waals surface area (Å²) in [5.74, 6) is -0.276.